The molecule has 1 aromatic rings. The highest BCUT2D eigenvalue weighted by Crippen LogP contribution is 2.40. The van der Waals surface area contributed by atoms with Crippen LogP contribution in [0.3, 0.4) is 0 Å². The van der Waals surface area contributed by atoms with Crippen LogP contribution in [0.25, 0.3) is 0 Å². The molecule has 28 heavy (non-hydrogen) atoms. The van der Waals surface area contributed by atoms with Crippen LogP contribution in [0.15, 0.2) is 36.1 Å². The Morgan fingerprint density at radius 2 is 1.79 bits per heavy atom. The van der Waals surface area contributed by atoms with Gasteiger partial charge in [0.1, 0.15) is 11.3 Å². The molecule has 0 spiro atoms. The van der Waals surface area contributed by atoms with Gasteiger partial charge in [0.05, 0.1) is 22.9 Å². The molecule has 1 aromatic carbocycles. The highest BCUT2D eigenvalue weighted by Gasteiger charge is 2.53. The summed E-state index contributed by atoms with van der Waals surface area (Å²) in [5, 5.41) is 0. The fraction of sp³-hybridized carbons (Fsp3) is 0.571. The summed E-state index contributed by atoms with van der Waals surface area (Å²) in [4.78, 5) is 14.3. The SMILES string of the molecule is CC(C)(C)OC(=O)N1c2ccccc2CC1C=C(F)B1OC(C)(C)C(C)(C)O1. The van der Waals surface area contributed by atoms with Crippen LogP contribution in [0.5, 0.6) is 0 Å². The molecule has 3 rings (SSSR count). The summed E-state index contributed by atoms with van der Waals surface area (Å²) in [5.74, 6) is 0. The Kier molecular flexibility index (Phi) is 5.13. The van der Waals surface area contributed by atoms with E-state index in [4.69, 9.17) is 14.0 Å². The predicted octanol–water partition coefficient (Wildman–Crippen LogP) is 4.84. The number of fused-ring (bicyclic) bond motifs is 1. The van der Waals surface area contributed by atoms with Gasteiger partial charge in [-0.25, -0.2) is 9.18 Å². The van der Waals surface area contributed by atoms with Gasteiger partial charge in [-0.3, -0.25) is 4.90 Å². The van der Waals surface area contributed by atoms with Gasteiger partial charge in [-0.1, -0.05) is 18.2 Å². The average molecular weight is 389 g/mol. The molecule has 1 amide bonds. The van der Waals surface area contributed by atoms with Crippen molar-refractivity contribution in [2.75, 3.05) is 4.90 Å². The van der Waals surface area contributed by atoms with Crippen molar-refractivity contribution in [3.8, 4) is 0 Å². The van der Waals surface area contributed by atoms with E-state index in [-0.39, 0.29) is 0 Å². The maximum absolute atomic E-state index is 15.1. The molecule has 1 saturated heterocycles. The second kappa shape index (κ2) is 6.88. The number of amides is 1. The third kappa shape index (κ3) is 3.96. The van der Waals surface area contributed by atoms with Crippen molar-refractivity contribution >= 4 is 18.9 Å². The van der Waals surface area contributed by atoms with E-state index in [9.17, 15) is 4.79 Å². The minimum Gasteiger partial charge on any atom is -0.443 e. The van der Waals surface area contributed by atoms with E-state index in [2.05, 4.69) is 0 Å². The van der Waals surface area contributed by atoms with Gasteiger partial charge in [0, 0.05) is 0 Å². The lowest BCUT2D eigenvalue weighted by Crippen LogP contribution is -2.41. The molecular formula is C21H29BFNO4. The fourth-order valence-electron chi connectivity index (χ4n) is 3.31. The number of anilines is 1. The summed E-state index contributed by atoms with van der Waals surface area (Å²) < 4.78 is 32.2. The Balaban J connectivity index is 1.88. The monoisotopic (exact) mass is 389 g/mol. The van der Waals surface area contributed by atoms with Gasteiger partial charge in [-0.15, -0.1) is 0 Å². The number of hydrogen-bond donors (Lipinski definition) is 0. The molecule has 1 fully saturated rings. The fourth-order valence-corrected chi connectivity index (χ4v) is 3.31. The number of ether oxygens (including phenoxy) is 1. The summed E-state index contributed by atoms with van der Waals surface area (Å²) in [6, 6.07) is 7.04. The molecule has 1 atom stereocenters. The van der Waals surface area contributed by atoms with Crippen molar-refractivity contribution in [2.45, 2.75) is 77.7 Å². The largest absolute Gasteiger partial charge is 0.524 e. The molecule has 2 aliphatic rings. The van der Waals surface area contributed by atoms with Gasteiger partial charge in [-0.05, 0) is 72.6 Å². The van der Waals surface area contributed by atoms with Crippen molar-refractivity contribution < 1.29 is 23.2 Å². The van der Waals surface area contributed by atoms with Crippen LogP contribution in [-0.2, 0) is 20.5 Å². The molecular weight excluding hydrogens is 360 g/mol. The number of rotatable bonds is 2. The Labute approximate surface area is 167 Å². The van der Waals surface area contributed by atoms with Crippen LogP contribution < -0.4 is 4.90 Å². The highest BCUT2D eigenvalue weighted by molar-refractivity contribution is 6.53. The summed E-state index contributed by atoms with van der Waals surface area (Å²) in [5.41, 5.74) is -0.743. The summed E-state index contributed by atoms with van der Waals surface area (Å²) in [7, 11) is -1.09. The van der Waals surface area contributed by atoms with Crippen LogP contribution >= 0.6 is 0 Å². The smallest absolute Gasteiger partial charge is 0.443 e. The maximum atomic E-state index is 15.1. The molecule has 0 N–H and O–H groups in total. The van der Waals surface area contributed by atoms with Crippen molar-refractivity contribution in [2.24, 2.45) is 0 Å². The second-order valence-electron chi connectivity index (χ2n) is 9.39. The van der Waals surface area contributed by atoms with E-state index in [1.807, 2.05) is 72.7 Å². The number of para-hydroxylation sites is 1. The van der Waals surface area contributed by atoms with Gasteiger partial charge in [0.15, 0.2) is 0 Å². The lowest BCUT2D eigenvalue weighted by Gasteiger charge is -2.32. The molecule has 2 aliphatic heterocycles. The molecule has 0 aliphatic carbocycles. The Bertz CT molecular complexity index is 784. The maximum Gasteiger partial charge on any atom is 0.524 e. The highest BCUT2D eigenvalue weighted by atomic mass is 19.1. The third-order valence-corrected chi connectivity index (χ3v) is 5.43. The van der Waals surface area contributed by atoms with Crippen LogP contribution in [0.4, 0.5) is 14.9 Å². The topological polar surface area (TPSA) is 48.0 Å². The van der Waals surface area contributed by atoms with Gasteiger partial charge >= 0.3 is 13.2 Å². The van der Waals surface area contributed by atoms with Gasteiger partial charge in [-0.2, -0.15) is 0 Å². The van der Waals surface area contributed by atoms with E-state index in [0.29, 0.717) is 6.42 Å². The summed E-state index contributed by atoms with van der Waals surface area (Å²) in [6.45, 7) is 12.9. The molecule has 0 saturated carbocycles. The van der Waals surface area contributed by atoms with Crippen LogP contribution in [0, 0.1) is 0 Å². The van der Waals surface area contributed by atoms with E-state index in [0.717, 1.165) is 11.3 Å². The van der Waals surface area contributed by atoms with E-state index in [1.165, 1.54) is 11.0 Å². The van der Waals surface area contributed by atoms with E-state index < -0.39 is 41.8 Å². The molecule has 0 aromatic heterocycles. The number of carbonyl (C=O) groups excluding carboxylic acids is 1. The first-order valence-electron chi connectivity index (χ1n) is 9.64. The van der Waals surface area contributed by atoms with E-state index >= 15 is 4.39 Å². The molecule has 0 radical (unpaired) electrons. The van der Waals surface area contributed by atoms with Crippen molar-refractivity contribution in [3.63, 3.8) is 0 Å². The zero-order valence-electron chi connectivity index (χ0n) is 17.7. The Morgan fingerprint density at radius 3 is 2.36 bits per heavy atom. The average Bonchev–Trinajstić information content (AvgIpc) is 2.99. The van der Waals surface area contributed by atoms with Gasteiger partial charge < -0.3 is 14.0 Å². The standard InChI is InChI=1S/C21H29BFNO4/c1-19(2,3)26-18(25)24-15(12-14-10-8-9-11-16(14)24)13-17(23)22-27-20(4,5)21(6,7)28-22/h8-11,13,15H,12H2,1-7H3. The van der Waals surface area contributed by atoms with Crippen molar-refractivity contribution in [3.05, 3.63) is 41.6 Å². The number of carbonyl (C=O) groups is 1. The predicted molar refractivity (Wildman–Crippen MR) is 108 cm³/mol. The molecule has 5 nitrogen and oxygen atoms in total. The number of halogens is 1. The number of benzene rings is 1. The van der Waals surface area contributed by atoms with Crippen LogP contribution in [-0.4, -0.2) is 36.1 Å². The summed E-state index contributed by atoms with van der Waals surface area (Å²) >= 11 is 0. The zero-order valence-corrected chi connectivity index (χ0v) is 17.7. The minimum atomic E-state index is -1.09. The van der Waals surface area contributed by atoms with Gasteiger partial charge in [0.2, 0.25) is 0 Å². The lowest BCUT2D eigenvalue weighted by molar-refractivity contribution is 0.00578. The zero-order chi connectivity index (χ0) is 20.9. The summed E-state index contributed by atoms with van der Waals surface area (Å²) in [6.07, 6.45) is 1.41. The third-order valence-electron chi connectivity index (χ3n) is 5.43. The van der Waals surface area contributed by atoms with Crippen molar-refractivity contribution in [1.82, 2.24) is 0 Å². The molecule has 0 bridgehead atoms. The Hall–Kier alpha value is -1.86. The number of nitrogens with zero attached hydrogens (tertiary/aromatic N) is 1. The molecule has 152 valence electrons. The number of hydrogen-bond acceptors (Lipinski definition) is 4. The first-order chi connectivity index (χ1) is 12.8. The van der Waals surface area contributed by atoms with Crippen molar-refractivity contribution in [1.29, 1.82) is 0 Å². The molecule has 7 heteroatoms. The molecule has 1 unspecified atom stereocenters. The molecule has 2 heterocycles. The second-order valence-corrected chi connectivity index (χ2v) is 9.39. The van der Waals surface area contributed by atoms with Crippen LogP contribution in [0.1, 0.15) is 54.0 Å². The normalized spacial score (nSPS) is 23.7. The van der Waals surface area contributed by atoms with Crippen LogP contribution in [0.2, 0.25) is 0 Å². The Morgan fingerprint density at radius 1 is 1.21 bits per heavy atom. The minimum absolute atomic E-state index is 0.500. The van der Waals surface area contributed by atoms with Gasteiger partial charge in [0.25, 0.3) is 0 Å². The van der Waals surface area contributed by atoms with E-state index in [1.54, 1.807) is 0 Å². The first kappa shape index (κ1) is 20.9. The quantitative estimate of drug-likeness (QED) is 0.680. The lowest BCUT2D eigenvalue weighted by atomic mass is 9.86. The first-order valence-corrected chi connectivity index (χ1v) is 9.64.